The van der Waals surface area contributed by atoms with Crippen molar-refractivity contribution < 1.29 is 28.8 Å². The van der Waals surface area contributed by atoms with Gasteiger partial charge in [-0.25, -0.2) is 4.99 Å². The summed E-state index contributed by atoms with van der Waals surface area (Å²) in [5.74, 6) is 3.16. The van der Waals surface area contributed by atoms with Crippen LogP contribution in [0.4, 0.5) is 5.69 Å². The molecule has 3 aromatic carbocycles. The zero-order chi connectivity index (χ0) is 31.2. The highest BCUT2D eigenvalue weighted by atomic mass is 35.5. The number of guanidine groups is 1. The Hall–Kier alpha value is -3.37. The monoisotopic (exact) mass is 643 g/mol. The smallest absolute Gasteiger partial charge is 0.203 e. The van der Waals surface area contributed by atoms with Crippen molar-refractivity contribution in [3.63, 3.8) is 0 Å². The van der Waals surface area contributed by atoms with Crippen LogP contribution in [0.25, 0.3) is 0 Å². The van der Waals surface area contributed by atoms with E-state index in [4.69, 9.17) is 51.9 Å². The van der Waals surface area contributed by atoms with Gasteiger partial charge in [-0.15, -0.1) is 0 Å². The number of nitrogens with zero attached hydrogens (tertiary/aromatic N) is 3. The van der Waals surface area contributed by atoms with E-state index in [0.29, 0.717) is 70.9 Å². The molecule has 0 bridgehead atoms. The number of aliphatic hydroxyl groups excluding tert-OH is 1. The summed E-state index contributed by atoms with van der Waals surface area (Å²) >= 11 is 13.3. The van der Waals surface area contributed by atoms with Gasteiger partial charge < -0.3 is 38.6 Å². The molecule has 44 heavy (non-hydrogen) atoms. The standard InChI is InChI=1S/C33H39Cl2N3O6/c1-40-26-13-11-21(16-29(26)42-3)18-37-20-25(32(39)28-10-5-6-15-44-28)38(19-22-12-14-27(41-2)30(17-22)43-4)33(37)36-31-23(34)8-7-9-24(31)35/h7-9,11-14,16-17,25,28,32,39H,5-6,10,15,18-20H2,1-4H3. The first kappa shape index (κ1) is 32.0. The van der Waals surface area contributed by atoms with E-state index >= 15 is 0 Å². The van der Waals surface area contributed by atoms with E-state index in [2.05, 4.69) is 9.80 Å². The molecular weight excluding hydrogens is 605 g/mol. The molecule has 0 saturated carbocycles. The van der Waals surface area contributed by atoms with Gasteiger partial charge in [0.2, 0.25) is 5.96 Å². The fourth-order valence-electron chi connectivity index (χ4n) is 5.84. The Morgan fingerprint density at radius 3 is 1.98 bits per heavy atom. The Kier molecular flexibility index (Phi) is 10.6. The highest BCUT2D eigenvalue weighted by molar-refractivity contribution is 6.38. The summed E-state index contributed by atoms with van der Waals surface area (Å²) in [6, 6.07) is 16.6. The lowest BCUT2D eigenvalue weighted by Crippen LogP contribution is -2.49. The van der Waals surface area contributed by atoms with Gasteiger partial charge in [-0.2, -0.15) is 0 Å². The van der Waals surface area contributed by atoms with Crippen LogP contribution in [0.15, 0.2) is 59.6 Å². The van der Waals surface area contributed by atoms with E-state index < -0.39 is 6.10 Å². The molecule has 3 unspecified atom stereocenters. The number of hydrogen-bond acceptors (Lipinski definition) is 7. The molecule has 0 spiro atoms. The van der Waals surface area contributed by atoms with Gasteiger partial charge in [0.05, 0.1) is 50.6 Å². The third kappa shape index (κ3) is 6.96. The zero-order valence-corrected chi connectivity index (χ0v) is 27.0. The zero-order valence-electron chi connectivity index (χ0n) is 25.5. The second-order valence-electron chi connectivity index (χ2n) is 10.8. The van der Waals surface area contributed by atoms with Crippen molar-refractivity contribution in [2.24, 2.45) is 4.99 Å². The number of aliphatic hydroxyl groups is 1. The van der Waals surface area contributed by atoms with E-state index in [1.807, 2.05) is 36.4 Å². The lowest BCUT2D eigenvalue weighted by atomic mass is 9.98. The molecule has 3 atom stereocenters. The molecule has 2 aliphatic heterocycles. The van der Waals surface area contributed by atoms with Gasteiger partial charge in [-0.1, -0.05) is 41.4 Å². The summed E-state index contributed by atoms with van der Waals surface area (Å²) in [5.41, 5.74) is 2.40. The van der Waals surface area contributed by atoms with Crippen molar-refractivity contribution in [2.75, 3.05) is 41.6 Å². The third-order valence-corrected chi connectivity index (χ3v) is 8.72. The van der Waals surface area contributed by atoms with Gasteiger partial charge in [-0.05, 0) is 66.8 Å². The molecule has 236 valence electrons. The fraction of sp³-hybridized carbons (Fsp3) is 0.424. The molecule has 2 fully saturated rings. The SMILES string of the molecule is COc1ccc(CN2CC(C(O)C3CCCCO3)N(Cc3ccc(OC)c(OC)c3)C2=Nc2c(Cl)cccc2Cl)cc1OC. The second-order valence-corrected chi connectivity index (χ2v) is 11.6. The number of aliphatic imine (C=N–C) groups is 1. The first-order valence-corrected chi connectivity index (χ1v) is 15.4. The quantitative estimate of drug-likeness (QED) is 0.259. The molecule has 0 radical (unpaired) electrons. The van der Waals surface area contributed by atoms with Gasteiger partial charge in [0.1, 0.15) is 11.8 Å². The maximum Gasteiger partial charge on any atom is 0.203 e. The Morgan fingerprint density at radius 2 is 1.43 bits per heavy atom. The fourth-order valence-corrected chi connectivity index (χ4v) is 6.32. The minimum Gasteiger partial charge on any atom is -0.493 e. The first-order valence-electron chi connectivity index (χ1n) is 14.6. The summed E-state index contributed by atoms with van der Waals surface area (Å²) in [4.78, 5) is 9.34. The largest absolute Gasteiger partial charge is 0.493 e. The van der Waals surface area contributed by atoms with Crippen LogP contribution in [-0.2, 0) is 17.8 Å². The predicted octanol–water partition coefficient (Wildman–Crippen LogP) is 6.33. The van der Waals surface area contributed by atoms with Crippen LogP contribution in [0, 0.1) is 0 Å². The number of halogens is 2. The number of benzene rings is 3. The molecule has 2 aliphatic rings. The summed E-state index contributed by atoms with van der Waals surface area (Å²) < 4.78 is 28.2. The van der Waals surface area contributed by atoms with Crippen LogP contribution in [0.1, 0.15) is 30.4 Å². The topological polar surface area (TPSA) is 85.2 Å². The summed E-state index contributed by atoms with van der Waals surface area (Å²) in [5, 5.41) is 12.7. The van der Waals surface area contributed by atoms with E-state index in [1.165, 1.54) is 0 Å². The van der Waals surface area contributed by atoms with Gasteiger partial charge in [0, 0.05) is 26.2 Å². The van der Waals surface area contributed by atoms with Crippen molar-refractivity contribution in [3.8, 4) is 23.0 Å². The Balaban J connectivity index is 1.60. The average Bonchev–Trinajstić information content (AvgIpc) is 3.38. The molecule has 1 N–H and O–H groups in total. The normalized spacial score (nSPS) is 20.1. The predicted molar refractivity (Wildman–Crippen MR) is 172 cm³/mol. The number of para-hydroxylation sites is 1. The van der Waals surface area contributed by atoms with Crippen molar-refractivity contribution in [2.45, 2.75) is 50.6 Å². The van der Waals surface area contributed by atoms with Crippen LogP contribution in [0.5, 0.6) is 23.0 Å². The Labute approximate surface area is 268 Å². The molecule has 0 aromatic heterocycles. The van der Waals surface area contributed by atoms with Crippen LogP contribution in [0.2, 0.25) is 10.0 Å². The first-order chi connectivity index (χ1) is 21.4. The summed E-state index contributed by atoms with van der Waals surface area (Å²) in [7, 11) is 6.45. The third-order valence-electron chi connectivity index (χ3n) is 8.11. The second kappa shape index (κ2) is 14.6. The van der Waals surface area contributed by atoms with Crippen molar-refractivity contribution in [1.29, 1.82) is 0 Å². The molecule has 11 heteroatoms. The van der Waals surface area contributed by atoms with E-state index in [0.717, 1.165) is 30.4 Å². The van der Waals surface area contributed by atoms with Crippen molar-refractivity contribution in [1.82, 2.24) is 9.80 Å². The minimum atomic E-state index is -0.766. The highest BCUT2D eigenvalue weighted by Crippen LogP contribution is 2.37. The summed E-state index contributed by atoms with van der Waals surface area (Å²) in [6.07, 6.45) is 1.74. The van der Waals surface area contributed by atoms with Crippen LogP contribution >= 0.6 is 23.2 Å². The van der Waals surface area contributed by atoms with Crippen LogP contribution in [-0.4, -0.2) is 80.7 Å². The van der Waals surface area contributed by atoms with Gasteiger partial charge in [-0.3, -0.25) is 0 Å². The van der Waals surface area contributed by atoms with Gasteiger partial charge in [0.15, 0.2) is 23.0 Å². The minimum absolute atomic E-state index is 0.284. The lowest BCUT2D eigenvalue weighted by molar-refractivity contribution is -0.0827. The lowest BCUT2D eigenvalue weighted by Gasteiger charge is -2.35. The highest BCUT2D eigenvalue weighted by Gasteiger charge is 2.43. The number of hydrogen-bond donors (Lipinski definition) is 1. The van der Waals surface area contributed by atoms with Gasteiger partial charge in [0.25, 0.3) is 0 Å². The molecule has 0 amide bonds. The Morgan fingerprint density at radius 1 is 0.841 bits per heavy atom. The van der Waals surface area contributed by atoms with Crippen molar-refractivity contribution >= 4 is 34.8 Å². The number of methoxy groups -OCH3 is 4. The number of rotatable bonds is 11. The molecule has 9 nitrogen and oxygen atoms in total. The Bertz CT molecular complexity index is 1450. The van der Waals surface area contributed by atoms with Crippen LogP contribution in [0.3, 0.4) is 0 Å². The van der Waals surface area contributed by atoms with E-state index in [9.17, 15) is 5.11 Å². The van der Waals surface area contributed by atoms with E-state index in [-0.39, 0.29) is 12.1 Å². The molecule has 5 rings (SSSR count). The summed E-state index contributed by atoms with van der Waals surface area (Å²) in [6.45, 7) is 2.04. The molecule has 2 heterocycles. The number of ether oxygens (including phenoxy) is 5. The van der Waals surface area contributed by atoms with Crippen LogP contribution < -0.4 is 18.9 Å². The van der Waals surface area contributed by atoms with E-state index in [1.54, 1.807) is 46.6 Å². The molecule has 2 saturated heterocycles. The molecular formula is C33H39Cl2N3O6. The maximum absolute atomic E-state index is 11.9. The average molecular weight is 645 g/mol. The van der Waals surface area contributed by atoms with Gasteiger partial charge >= 0.3 is 0 Å². The van der Waals surface area contributed by atoms with Crippen molar-refractivity contribution in [3.05, 3.63) is 75.8 Å². The molecule has 3 aromatic rings. The molecule has 0 aliphatic carbocycles. The maximum atomic E-state index is 11.9.